The molecule has 0 saturated heterocycles. The molecular weight excluding hydrogens is 307 g/mol. The van der Waals surface area contributed by atoms with E-state index < -0.39 is 11.9 Å². The molecule has 1 aliphatic heterocycles. The van der Waals surface area contributed by atoms with Crippen molar-refractivity contribution in [3.8, 4) is 5.75 Å². The molecule has 0 aliphatic carbocycles. The third-order valence-electron chi connectivity index (χ3n) is 4.38. The summed E-state index contributed by atoms with van der Waals surface area (Å²) in [6, 6.07) is 11.6. The van der Waals surface area contributed by atoms with E-state index in [1.54, 1.807) is 12.1 Å². The number of amides is 1. The number of rotatable bonds is 6. The lowest BCUT2D eigenvalue weighted by atomic mass is 10.0. The smallest absolute Gasteiger partial charge is 0.239 e. The van der Waals surface area contributed by atoms with Gasteiger partial charge in [-0.25, -0.2) is 4.39 Å². The molecule has 2 N–H and O–H groups in total. The second-order valence-electron chi connectivity index (χ2n) is 6.13. The van der Waals surface area contributed by atoms with Gasteiger partial charge in [-0.2, -0.15) is 0 Å². The van der Waals surface area contributed by atoms with Crippen LogP contribution in [0, 0.1) is 5.82 Å². The van der Waals surface area contributed by atoms with Crippen molar-refractivity contribution in [2.75, 3.05) is 20.2 Å². The van der Waals surface area contributed by atoms with Crippen molar-refractivity contribution in [1.29, 1.82) is 0 Å². The summed E-state index contributed by atoms with van der Waals surface area (Å²) in [6.45, 7) is 1.38. The minimum Gasteiger partial charge on any atom is -0.493 e. The van der Waals surface area contributed by atoms with E-state index in [0.29, 0.717) is 12.1 Å². The molecule has 5 heteroatoms. The lowest BCUT2D eigenvalue weighted by molar-refractivity contribution is -0.123. The Hall–Kier alpha value is -2.40. The third-order valence-corrected chi connectivity index (χ3v) is 4.38. The lowest BCUT2D eigenvalue weighted by Gasteiger charge is -2.26. The van der Waals surface area contributed by atoms with Crippen LogP contribution in [-0.4, -0.2) is 31.0 Å². The zero-order valence-corrected chi connectivity index (χ0v) is 13.7. The molecule has 1 amide bonds. The van der Waals surface area contributed by atoms with E-state index in [9.17, 15) is 9.18 Å². The third kappa shape index (κ3) is 3.57. The van der Waals surface area contributed by atoms with E-state index in [1.807, 2.05) is 24.1 Å². The maximum Gasteiger partial charge on any atom is 0.239 e. The Morgan fingerprint density at radius 1 is 1.33 bits per heavy atom. The van der Waals surface area contributed by atoms with E-state index >= 15 is 0 Å². The highest BCUT2D eigenvalue weighted by molar-refractivity contribution is 5.81. The van der Waals surface area contributed by atoms with E-state index in [0.717, 1.165) is 25.2 Å². The molecule has 24 heavy (non-hydrogen) atoms. The fourth-order valence-corrected chi connectivity index (χ4v) is 3.14. The Labute approximate surface area is 141 Å². The summed E-state index contributed by atoms with van der Waals surface area (Å²) in [5.41, 5.74) is 8.54. The monoisotopic (exact) mass is 328 g/mol. The van der Waals surface area contributed by atoms with Crippen molar-refractivity contribution in [1.82, 2.24) is 4.90 Å². The van der Waals surface area contributed by atoms with Gasteiger partial charge in [-0.3, -0.25) is 9.69 Å². The van der Waals surface area contributed by atoms with Gasteiger partial charge in [-0.15, -0.1) is 0 Å². The highest BCUT2D eigenvalue weighted by atomic mass is 19.1. The molecule has 0 saturated carbocycles. The standard InChI is InChI=1S/C19H21FN2O2/c1-22(18(19(21)23)15-3-2-4-16(20)12-15)9-7-13-5-6-17-14(11-13)8-10-24-17/h2-6,11-12,18H,7-10H2,1H3,(H2,21,23)/t18-/m0/s1. The molecule has 0 bridgehead atoms. The summed E-state index contributed by atoms with van der Waals surface area (Å²) in [7, 11) is 1.83. The molecule has 2 aromatic rings. The first kappa shape index (κ1) is 16.5. The van der Waals surface area contributed by atoms with Crippen LogP contribution >= 0.6 is 0 Å². The Bertz CT molecular complexity index is 748. The van der Waals surface area contributed by atoms with E-state index in [-0.39, 0.29) is 5.82 Å². The first-order valence-corrected chi connectivity index (χ1v) is 8.04. The van der Waals surface area contributed by atoms with Crippen molar-refractivity contribution >= 4 is 5.91 Å². The molecule has 1 aliphatic rings. The van der Waals surface area contributed by atoms with Crippen LogP contribution in [0.3, 0.4) is 0 Å². The van der Waals surface area contributed by atoms with Crippen LogP contribution in [0.15, 0.2) is 42.5 Å². The normalized spacial score (nSPS) is 14.3. The quantitative estimate of drug-likeness (QED) is 0.886. The van der Waals surface area contributed by atoms with Crippen molar-refractivity contribution in [3.05, 3.63) is 65.0 Å². The van der Waals surface area contributed by atoms with Crippen molar-refractivity contribution in [3.63, 3.8) is 0 Å². The van der Waals surface area contributed by atoms with E-state index in [2.05, 4.69) is 6.07 Å². The van der Waals surface area contributed by atoms with Crippen LogP contribution < -0.4 is 10.5 Å². The highest BCUT2D eigenvalue weighted by Crippen LogP contribution is 2.26. The Kier molecular flexibility index (Phi) is 4.81. The van der Waals surface area contributed by atoms with Crippen molar-refractivity contribution in [2.24, 2.45) is 5.73 Å². The van der Waals surface area contributed by atoms with Crippen LogP contribution in [0.5, 0.6) is 5.75 Å². The predicted molar refractivity (Wildman–Crippen MR) is 90.3 cm³/mol. The van der Waals surface area contributed by atoms with Gasteiger partial charge in [-0.1, -0.05) is 24.3 Å². The number of likely N-dealkylation sites (N-methyl/N-ethyl adjacent to an activating group) is 1. The highest BCUT2D eigenvalue weighted by Gasteiger charge is 2.23. The van der Waals surface area contributed by atoms with Gasteiger partial charge in [0, 0.05) is 13.0 Å². The molecule has 126 valence electrons. The maximum absolute atomic E-state index is 13.4. The molecule has 0 aromatic heterocycles. The van der Waals surface area contributed by atoms with Gasteiger partial charge in [0.25, 0.3) is 0 Å². The SMILES string of the molecule is CN(CCc1ccc2c(c1)CCO2)[C@H](C(N)=O)c1cccc(F)c1. The Morgan fingerprint density at radius 3 is 2.92 bits per heavy atom. The second kappa shape index (κ2) is 7.01. The number of benzene rings is 2. The number of fused-ring (bicyclic) bond motifs is 1. The zero-order valence-electron chi connectivity index (χ0n) is 13.7. The molecule has 2 aromatic carbocycles. The summed E-state index contributed by atoms with van der Waals surface area (Å²) in [6.07, 6.45) is 1.72. The fourth-order valence-electron chi connectivity index (χ4n) is 3.14. The second-order valence-corrected chi connectivity index (χ2v) is 6.13. The molecule has 0 fully saturated rings. The summed E-state index contributed by atoms with van der Waals surface area (Å²) in [4.78, 5) is 13.7. The summed E-state index contributed by atoms with van der Waals surface area (Å²) in [5.74, 6) is 0.109. The zero-order chi connectivity index (χ0) is 17.1. The molecule has 1 heterocycles. The van der Waals surface area contributed by atoms with Gasteiger partial charge in [0.05, 0.1) is 6.61 Å². The molecular formula is C19H21FN2O2. The number of ether oxygens (including phenoxy) is 1. The van der Waals surface area contributed by atoms with E-state index in [1.165, 1.54) is 23.3 Å². The number of primary amides is 1. The largest absolute Gasteiger partial charge is 0.493 e. The van der Waals surface area contributed by atoms with Gasteiger partial charge >= 0.3 is 0 Å². The van der Waals surface area contributed by atoms with Crippen LogP contribution in [0.2, 0.25) is 0 Å². The minimum absolute atomic E-state index is 0.370. The minimum atomic E-state index is -0.640. The molecule has 3 rings (SSSR count). The molecule has 0 radical (unpaired) electrons. The van der Waals surface area contributed by atoms with Gasteiger partial charge in [-0.05, 0) is 48.4 Å². The summed E-state index contributed by atoms with van der Waals surface area (Å²) < 4.78 is 19.0. The number of halogens is 1. The predicted octanol–water partition coefficient (Wildman–Crippen LogP) is 2.46. The molecule has 4 nitrogen and oxygen atoms in total. The number of hydrogen-bond acceptors (Lipinski definition) is 3. The Balaban J connectivity index is 1.70. The summed E-state index contributed by atoms with van der Waals surface area (Å²) in [5, 5.41) is 0. The lowest BCUT2D eigenvalue weighted by Crippen LogP contribution is -2.36. The van der Waals surface area contributed by atoms with Crippen LogP contribution in [0.25, 0.3) is 0 Å². The van der Waals surface area contributed by atoms with Crippen molar-refractivity contribution < 1.29 is 13.9 Å². The van der Waals surface area contributed by atoms with Crippen LogP contribution in [0.1, 0.15) is 22.7 Å². The van der Waals surface area contributed by atoms with Gasteiger partial charge in [0.2, 0.25) is 5.91 Å². The molecule has 0 unspecified atom stereocenters. The number of carbonyl (C=O) groups excluding carboxylic acids is 1. The number of carbonyl (C=O) groups is 1. The average molecular weight is 328 g/mol. The van der Waals surface area contributed by atoms with Crippen LogP contribution in [0.4, 0.5) is 4.39 Å². The molecule has 0 spiro atoms. The maximum atomic E-state index is 13.4. The fraction of sp³-hybridized carbons (Fsp3) is 0.316. The first-order valence-electron chi connectivity index (χ1n) is 8.04. The topological polar surface area (TPSA) is 55.6 Å². The average Bonchev–Trinajstić information content (AvgIpc) is 3.00. The van der Waals surface area contributed by atoms with Crippen molar-refractivity contribution in [2.45, 2.75) is 18.9 Å². The number of hydrogen-bond donors (Lipinski definition) is 1. The van der Waals surface area contributed by atoms with Gasteiger partial charge < -0.3 is 10.5 Å². The molecule has 1 atom stereocenters. The van der Waals surface area contributed by atoms with Gasteiger partial charge in [0.1, 0.15) is 17.6 Å². The van der Waals surface area contributed by atoms with E-state index in [4.69, 9.17) is 10.5 Å². The first-order chi connectivity index (χ1) is 11.5. The Morgan fingerprint density at radius 2 is 2.17 bits per heavy atom. The number of nitrogens with two attached hydrogens (primary N) is 1. The van der Waals surface area contributed by atoms with Crippen LogP contribution in [-0.2, 0) is 17.6 Å². The summed E-state index contributed by atoms with van der Waals surface area (Å²) >= 11 is 0. The van der Waals surface area contributed by atoms with Gasteiger partial charge in [0.15, 0.2) is 0 Å². The number of nitrogens with zero attached hydrogens (tertiary/aromatic N) is 1.